The summed E-state index contributed by atoms with van der Waals surface area (Å²) in [5, 5.41) is 12.9. The molecule has 3 atom stereocenters. The van der Waals surface area contributed by atoms with Crippen LogP contribution in [0.15, 0.2) is 0 Å². The molecule has 132 valence electrons. The maximum atomic E-state index is 12.3. The van der Waals surface area contributed by atoms with Crippen molar-refractivity contribution in [3.8, 4) is 0 Å². The highest BCUT2D eigenvalue weighted by molar-refractivity contribution is 5.77. The molecule has 1 heterocycles. The molecule has 1 saturated heterocycles. The van der Waals surface area contributed by atoms with Gasteiger partial charge >= 0.3 is 6.09 Å². The average molecular weight is 328 g/mol. The molecule has 0 aromatic carbocycles. The summed E-state index contributed by atoms with van der Waals surface area (Å²) >= 11 is 0. The van der Waals surface area contributed by atoms with Gasteiger partial charge in [-0.25, -0.2) is 4.79 Å². The third-order valence-corrected chi connectivity index (χ3v) is 4.15. The molecule has 2 fully saturated rings. The molecule has 2 N–H and O–H groups in total. The minimum absolute atomic E-state index is 0.0117. The molecule has 23 heavy (non-hydrogen) atoms. The summed E-state index contributed by atoms with van der Waals surface area (Å²) in [5.41, 5.74) is -0.569. The Kier molecular flexibility index (Phi) is 5.86. The second-order valence-electron chi connectivity index (χ2n) is 7.24. The molecular weight excluding hydrogens is 300 g/mol. The molecule has 0 bridgehead atoms. The van der Waals surface area contributed by atoms with E-state index in [1.165, 1.54) is 0 Å². The van der Waals surface area contributed by atoms with Gasteiger partial charge in [-0.2, -0.15) is 0 Å². The van der Waals surface area contributed by atoms with Crippen molar-refractivity contribution in [2.24, 2.45) is 0 Å². The fourth-order valence-electron chi connectivity index (χ4n) is 3.14. The average Bonchev–Trinajstić information content (AvgIpc) is 2.63. The standard InChI is InChI=1S/C16H28N2O5/c1-16(2,3)23-15(21)17-12-5-4-11(19)10-13(12)18-7-9-22-8-6-14(18)20/h11-13,19H,4-10H2,1-3H3,(H,17,21). The number of alkyl carbamates (subject to hydrolysis) is 1. The van der Waals surface area contributed by atoms with Crippen molar-refractivity contribution in [2.45, 2.75) is 70.2 Å². The Labute approximate surface area is 137 Å². The van der Waals surface area contributed by atoms with Crippen LogP contribution in [0.2, 0.25) is 0 Å². The van der Waals surface area contributed by atoms with Gasteiger partial charge in [0.25, 0.3) is 0 Å². The van der Waals surface area contributed by atoms with Gasteiger partial charge in [0.05, 0.1) is 37.8 Å². The largest absolute Gasteiger partial charge is 0.444 e. The molecular formula is C16H28N2O5. The van der Waals surface area contributed by atoms with Gasteiger partial charge in [0.15, 0.2) is 0 Å². The van der Waals surface area contributed by atoms with Crippen LogP contribution in [0, 0.1) is 0 Å². The highest BCUT2D eigenvalue weighted by Crippen LogP contribution is 2.25. The first-order valence-electron chi connectivity index (χ1n) is 8.31. The summed E-state index contributed by atoms with van der Waals surface area (Å²) in [6.07, 6.45) is 1.10. The van der Waals surface area contributed by atoms with Gasteiger partial charge in [-0.3, -0.25) is 4.79 Å². The van der Waals surface area contributed by atoms with Crippen LogP contribution >= 0.6 is 0 Å². The molecule has 0 radical (unpaired) electrons. The lowest BCUT2D eigenvalue weighted by Gasteiger charge is -2.41. The van der Waals surface area contributed by atoms with Gasteiger partial charge in [-0.1, -0.05) is 0 Å². The lowest BCUT2D eigenvalue weighted by atomic mass is 9.87. The first kappa shape index (κ1) is 18.0. The second-order valence-corrected chi connectivity index (χ2v) is 7.24. The quantitative estimate of drug-likeness (QED) is 0.791. The van der Waals surface area contributed by atoms with Gasteiger partial charge in [-0.05, 0) is 40.0 Å². The number of carbonyl (C=O) groups excluding carboxylic acids is 2. The van der Waals surface area contributed by atoms with Crippen molar-refractivity contribution in [3.05, 3.63) is 0 Å². The van der Waals surface area contributed by atoms with Crippen LogP contribution in [-0.4, -0.2) is 65.6 Å². The molecule has 2 amide bonds. The Hall–Kier alpha value is -1.34. The van der Waals surface area contributed by atoms with E-state index in [1.807, 2.05) is 20.8 Å². The number of rotatable bonds is 2. The minimum Gasteiger partial charge on any atom is -0.444 e. The van der Waals surface area contributed by atoms with Gasteiger partial charge < -0.3 is 24.8 Å². The Morgan fingerprint density at radius 1 is 1.35 bits per heavy atom. The highest BCUT2D eigenvalue weighted by atomic mass is 16.6. The normalized spacial score (nSPS) is 29.8. The second kappa shape index (κ2) is 7.49. The molecule has 7 nitrogen and oxygen atoms in total. The smallest absolute Gasteiger partial charge is 0.407 e. The van der Waals surface area contributed by atoms with E-state index in [4.69, 9.17) is 9.47 Å². The number of nitrogens with zero attached hydrogens (tertiary/aromatic N) is 1. The Balaban J connectivity index is 2.06. The minimum atomic E-state index is -0.569. The molecule has 1 saturated carbocycles. The number of aliphatic hydroxyl groups excluding tert-OH is 1. The molecule has 0 aromatic rings. The molecule has 3 unspecified atom stereocenters. The predicted octanol–water partition coefficient (Wildman–Crippen LogP) is 1.04. The van der Waals surface area contributed by atoms with Crippen molar-refractivity contribution in [2.75, 3.05) is 19.8 Å². The van der Waals surface area contributed by atoms with Crippen molar-refractivity contribution in [1.82, 2.24) is 10.2 Å². The Bertz CT molecular complexity index is 435. The molecule has 2 rings (SSSR count). The van der Waals surface area contributed by atoms with Crippen LogP contribution in [0.3, 0.4) is 0 Å². The van der Waals surface area contributed by atoms with Gasteiger partial charge in [0.1, 0.15) is 5.60 Å². The maximum absolute atomic E-state index is 12.3. The zero-order valence-corrected chi connectivity index (χ0v) is 14.2. The third-order valence-electron chi connectivity index (χ3n) is 4.15. The van der Waals surface area contributed by atoms with Crippen LogP contribution in [-0.2, 0) is 14.3 Å². The summed E-state index contributed by atoms with van der Waals surface area (Å²) in [6, 6.07) is -0.434. The van der Waals surface area contributed by atoms with E-state index in [9.17, 15) is 14.7 Å². The van der Waals surface area contributed by atoms with Crippen molar-refractivity contribution in [3.63, 3.8) is 0 Å². The fraction of sp³-hybridized carbons (Fsp3) is 0.875. The first-order valence-corrected chi connectivity index (χ1v) is 8.31. The van der Waals surface area contributed by atoms with E-state index in [0.29, 0.717) is 45.4 Å². The van der Waals surface area contributed by atoms with E-state index in [0.717, 1.165) is 0 Å². The van der Waals surface area contributed by atoms with Crippen LogP contribution < -0.4 is 5.32 Å². The number of carbonyl (C=O) groups is 2. The summed E-state index contributed by atoms with van der Waals surface area (Å²) in [5.74, 6) is 0.0117. The van der Waals surface area contributed by atoms with Crippen LogP contribution in [0.25, 0.3) is 0 Å². The topological polar surface area (TPSA) is 88.1 Å². The number of nitrogens with one attached hydrogen (secondary N) is 1. The van der Waals surface area contributed by atoms with Gasteiger partial charge in [0.2, 0.25) is 5.91 Å². The molecule has 7 heteroatoms. The lowest BCUT2D eigenvalue weighted by molar-refractivity contribution is -0.134. The number of aliphatic hydroxyl groups is 1. The van der Waals surface area contributed by atoms with E-state index >= 15 is 0 Å². The van der Waals surface area contributed by atoms with Crippen LogP contribution in [0.1, 0.15) is 46.5 Å². The fourth-order valence-corrected chi connectivity index (χ4v) is 3.14. The van der Waals surface area contributed by atoms with E-state index < -0.39 is 17.8 Å². The zero-order valence-electron chi connectivity index (χ0n) is 14.2. The molecule has 2 aliphatic rings. The summed E-state index contributed by atoms with van der Waals surface area (Å²) in [6.45, 7) is 6.83. The summed E-state index contributed by atoms with van der Waals surface area (Å²) < 4.78 is 10.7. The zero-order chi connectivity index (χ0) is 17.0. The summed E-state index contributed by atoms with van der Waals surface area (Å²) in [7, 11) is 0. The van der Waals surface area contributed by atoms with Crippen LogP contribution in [0.4, 0.5) is 4.79 Å². The number of hydrogen-bond donors (Lipinski definition) is 2. The van der Waals surface area contributed by atoms with E-state index in [2.05, 4.69) is 5.32 Å². The molecule has 1 aliphatic heterocycles. The Morgan fingerprint density at radius 2 is 2.09 bits per heavy atom. The maximum Gasteiger partial charge on any atom is 0.407 e. The predicted molar refractivity (Wildman–Crippen MR) is 84.0 cm³/mol. The monoisotopic (exact) mass is 328 g/mol. The van der Waals surface area contributed by atoms with Gasteiger partial charge in [0, 0.05) is 6.54 Å². The number of ether oxygens (including phenoxy) is 2. The SMILES string of the molecule is CC(C)(C)OC(=O)NC1CCC(O)CC1N1CCOCCC1=O. The first-order chi connectivity index (χ1) is 10.8. The summed E-state index contributed by atoms with van der Waals surface area (Å²) in [4.78, 5) is 26.1. The third kappa shape index (κ3) is 5.35. The highest BCUT2D eigenvalue weighted by Gasteiger charge is 2.37. The number of hydrogen-bond acceptors (Lipinski definition) is 5. The van der Waals surface area contributed by atoms with Crippen molar-refractivity contribution in [1.29, 1.82) is 0 Å². The number of amides is 2. The van der Waals surface area contributed by atoms with Crippen molar-refractivity contribution < 1.29 is 24.2 Å². The molecule has 1 aliphatic carbocycles. The molecule has 0 aromatic heterocycles. The van der Waals surface area contributed by atoms with Gasteiger partial charge in [-0.15, -0.1) is 0 Å². The molecule has 0 spiro atoms. The Morgan fingerprint density at radius 3 is 2.78 bits per heavy atom. The van der Waals surface area contributed by atoms with E-state index in [1.54, 1.807) is 4.90 Å². The lowest BCUT2D eigenvalue weighted by Crippen LogP contribution is -2.57. The van der Waals surface area contributed by atoms with Crippen molar-refractivity contribution >= 4 is 12.0 Å². The van der Waals surface area contributed by atoms with Crippen LogP contribution in [0.5, 0.6) is 0 Å². The van der Waals surface area contributed by atoms with E-state index in [-0.39, 0.29) is 18.0 Å².